The van der Waals surface area contributed by atoms with Crippen LogP contribution in [0.4, 0.5) is 0 Å². The van der Waals surface area contributed by atoms with Gasteiger partial charge in [-0.15, -0.1) is 0 Å². The molecule has 1 aliphatic heterocycles. The number of carbonyl (C=O) groups is 1. The molecule has 0 aliphatic carbocycles. The van der Waals surface area contributed by atoms with Gasteiger partial charge in [0.25, 0.3) is 0 Å². The number of hydrogen-bond acceptors (Lipinski definition) is 6. The summed E-state index contributed by atoms with van der Waals surface area (Å²) in [5.74, 6) is 1.77. The lowest BCUT2D eigenvalue weighted by atomic mass is 10.2. The number of carbonyl (C=O) groups excluding carboxylic acids is 1. The van der Waals surface area contributed by atoms with Crippen LogP contribution in [0.5, 0.6) is 11.5 Å². The summed E-state index contributed by atoms with van der Waals surface area (Å²) in [4.78, 5) is 16.8. The molecule has 0 unspecified atom stereocenters. The monoisotopic (exact) mass is 441 g/mol. The number of rotatable bonds is 13. The van der Waals surface area contributed by atoms with E-state index >= 15 is 0 Å². The molecule has 2 aromatic rings. The molecular formula is C25H35N3O4. The van der Waals surface area contributed by atoms with Crippen LogP contribution in [0.1, 0.15) is 12.0 Å². The molecular weight excluding hydrogens is 406 g/mol. The SMILES string of the molecule is COc1ccc(OCCN2CCN(CC(=O)NCCCOCc3ccccc3)CC2)cc1. The fourth-order valence-corrected chi connectivity index (χ4v) is 3.56. The standard InChI is InChI=1S/C25H35N3O4/c1-30-23-8-10-24(11-9-23)32-19-17-27-13-15-28(16-14-27)20-25(29)26-12-5-18-31-21-22-6-3-2-4-7-22/h2-4,6-11H,5,12-21H2,1H3,(H,26,29). The molecule has 0 aromatic heterocycles. The molecule has 0 atom stereocenters. The highest BCUT2D eigenvalue weighted by molar-refractivity contribution is 5.77. The maximum atomic E-state index is 12.2. The van der Waals surface area contributed by atoms with Gasteiger partial charge in [0, 0.05) is 45.9 Å². The van der Waals surface area contributed by atoms with E-state index in [9.17, 15) is 4.79 Å². The van der Waals surface area contributed by atoms with E-state index in [1.807, 2.05) is 42.5 Å². The Bertz CT molecular complexity index is 778. The van der Waals surface area contributed by atoms with Crippen molar-refractivity contribution in [1.82, 2.24) is 15.1 Å². The molecule has 2 aromatic carbocycles. The average molecular weight is 442 g/mol. The normalized spacial score (nSPS) is 14.8. The summed E-state index contributed by atoms with van der Waals surface area (Å²) in [6.07, 6.45) is 0.820. The molecule has 1 amide bonds. The number of piperazine rings is 1. The molecule has 7 nitrogen and oxygen atoms in total. The Balaban J connectivity index is 1.19. The van der Waals surface area contributed by atoms with E-state index in [0.717, 1.165) is 50.6 Å². The number of methoxy groups -OCH3 is 1. The summed E-state index contributed by atoms with van der Waals surface area (Å²) < 4.78 is 16.6. The Morgan fingerprint density at radius 3 is 2.31 bits per heavy atom. The van der Waals surface area contributed by atoms with Gasteiger partial charge in [0.2, 0.25) is 5.91 Å². The van der Waals surface area contributed by atoms with Gasteiger partial charge in [-0.3, -0.25) is 14.6 Å². The minimum Gasteiger partial charge on any atom is -0.497 e. The molecule has 1 fully saturated rings. The number of nitrogens with one attached hydrogen (secondary N) is 1. The second-order valence-corrected chi connectivity index (χ2v) is 7.88. The van der Waals surface area contributed by atoms with Crippen LogP contribution >= 0.6 is 0 Å². The first-order chi connectivity index (χ1) is 15.7. The lowest BCUT2D eigenvalue weighted by molar-refractivity contribution is -0.122. The van der Waals surface area contributed by atoms with E-state index in [1.54, 1.807) is 7.11 Å². The number of benzene rings is 2. The van der Waals surface area contributed by atoms with Crippen molar-refractivity contribution < 1.29 is 19.0 Å². The Hall–Kier alpha value is -2.61. The van der Waals surface area contributed by atoms with Crippen LogP contribution in [0.3, 0.4) is 0 Å². The number of hydrogen-bond donors (Lipinski definition) is 1. The van der Waals surface area contributed by atoms with Crippen molar-refractivity contribution in [3.8, 4) is 11.5 Å². The zero-order valence-electron chi connectivity index (χ0n) is 19.0. The fourth-order valence-electron chi connectivity index (χ4n) is 3.56. The molecule has 1 heterocycles. The van der Waals surface area contributed by atoms with Gasteiger partial charge in [0.1, 0.15) is 18.1 Å². The van der Waals surface area contributed by atoms with E-state index in [4.69, 9.17) is 14.2 Å². The van der Waals surface area contributed by atoms with Crippen molar-refractivity contribution in [3.63, 3.8) is 0 Å². The van der Waals surface area contributed by atoms with Crippen LogP contribution in [0.25, 0.3) is 0 Å². The highest BCUT2D eigenvalue weighted by Gasteiger charge is 2.18. The summed E-state index contributed by atoms with van der Waals surface area (Å²) >= 11 is 0. The lowest BCUT2D eigenvalue weighted by Crippen LogP contribution is -2.50. The first-order valence-corrected chi connectivity index (χ1v) is 11.3. The zero-order chi connectivity index (χ0) is 22.4. The van der Waals surface area contributed by atoms with Crippen molar-refractivity contribution in [2.75, 3.05) is 66.1 Å². The first kappa shape index (κ1) is 24.0. The van der Waals surface area contributed by atoms with E-state index in [1.165, 1.54) is 5.56 Å². The molecule has 0 spiro atoms. The van der Waals surface area contributed by atoms with E-state index < -0.39 is 0 Å². The molecule has 32 heavy (non-hydrogen) atoms. The Morgan fingerprint density at radius 1 is 0.906 bits per heavy atom. The van der Waals surface area contributed by atoms with Crippen LogP contribution < -0.4 is 14.8 Å². The maximum Gasteiger partial charge on any atom is 0.234 e. The Morgan fingerprint density at radius 2 is 1.59 bits per heavy atom. The number of amides is 1. The van der Waals surface area contributed by atoms with Gasteiger partial charge in [-0.1, -0.05) is 30.3 Å². The van der Waals surface area contributed by atoms with Crippen LogP contribution in [0.15, 0.2) is 54.6 Å². The third kappa shape index (κ3) is 8.86. The third-order valence-corrected chi connectivity index (χ3v) is 5.47. The summed E-state index contributed by atoms with van der Waals surface area (Å²) in [6.45, 7) is 7.60. The van der Waals surface area contributed by atoms with Crippen molar-refractivity contribution >= 4 is 5.91 Å². The Labute approximate surface area is 191 Å². The number of nitrogens with zero attached hydrogens (tertiary/aromatic N) is 2. The highest BCUT2D eigenvalue weighted by atomic mass is 16.5. The third-order valence-electron chi connectivity index (χ3n) is 5.47. The van der Waals surface area contributed by atoms with Crippen LogP contribution in [-0.2, 0) is 16.1 Å². The fraction of sp³-hybridized carbons (Fsp3) is 0.480. The van der Waals surface area contributed by atoms with Gasteiger partial charge >= 0.3 is 0 Å². The molecule has 0 bridgehead atoms. The van der Waals surface area contributed by atoms with Crippen molar-refractivity contribution in [2.24, 2.45) is 0 Å². The van der Waals surface area contributed by atoms with Gasteiger partial charge in [0.15, 0.2) is 0 Å². The zero-order valence-corrected chi connectivity index (χ0v) is 19.0. The van der Waals surface area contributed by atoms with Gasteiger partial charge < -0.3 is 19.5 Å². The highest BCUT2D eigenvalue weighted by Crippen LogP contribution is 2.17. The topological polar surface area (TPSA) is 63.3 Å². The van der Waals surface area contributed by atoms with Gasteiger partial charge in [-0.2, -0.15) is 0 Å². The molecule has 0 saturated carbocycles. The second kappa shape index (κ2) is 13.7. The second-order valence-electron chi connectivity index (χ2n) is 7.88. The van der Waals surface area contributed by atoms with Crippen molar-refractivity contribution in [3.05, 3.63) is 60.2 Å². The molecule has 1 N–H and O–H groups in total. The number of ether oxygens (including phenoxy) is 3. The summed E-state index contributed by atoms with van der Waals surface area (Å²) in [5.41, 5.74) is 1.17. The van der Waals surface area contributed by atoms with Crippen molar-refractivity contribution in [2.45, 2.75) is 13.0 Å². The quantitative estimate of drug-likeness (QED) is 0.482. The van der Waals surface area contributed by atoms with Crippen LogP contribution in [0, 0.1) is 0 Å². The minimum atomic E-state index is 0.0874. The van der Waals surface area contributed by atoms with E-state index in [-0.39, 0.29) is 5.91 Å². The average Bonchev–Trinajstić information content (AvgIpc) is 2.83. The summed E-state index contributed by atoms with van der Waals surface area (Å²) in [7, 11) is 1.66. The Kier molecular flexibility index (Phi) is 10.3. The largest absolute Gasteiger partial charge is 0.497 e. The van der Waals surface area contributed by atoms with Gasteiger partial charge in [-0.25, -0.2) is 0 Å². The van der Waals surface area contributed by atoms with Crippen LogP contribution in [-0.4, -0.2) is 81.8 Å². The summed E-state index contributed by atoms with van der Waals surface area (Å²) in [5, 5.41) is 3.00. The maximum absolute atomic E-state index is 12.2. The molecule has 3 rings (SSSR count). The predicted molar refractivity (Wildman–Crippen MR) is 125 cm³/mol. The van der Waals surface area contributed by atoms with Crippen LogP contribution in [0.2, 0.25) is 0 Å². The van der Waals surface area contributed by atoms with Crippen molar-refractivity contribution in [1.29, 1.82) is 0 Å². The molecule has 1 saturated heterocycles. The molecule has 1 aliphatic rings. The van der Waals surface area contributed by atoms with E-state index in [0.29, 0.717) is 32.9 Å². The van der Waals surface area contributed by atoms with E-state index in [2.05, 4.69) is 27.2 Å². The summed E-state index contributed by atoms with van der Waals surface area (Å²) in [6, 6.07) is 17.8. The van der Waals surface area contributed by atoms with Gasteiger partial charge in [0.05, 0.1) is 20.3 Å². The minimum absolute atomic E-state index is 0.0874. The van der Waals surface area contributed by atoms with Gasteiger partial charge in [-0.05, 0) is 36.2 Å². The smallest absolute Gasteiger partial charge is 0.234 e. The first-order valence-electron chi connectivity index (χ1n) is 11.3. The lowest BCUT2D eigenvalue weighted by Gasteiger charge is -2.34. The molecule has 174 valence electrons. The molecule has 0 radical (unpaired) electrons. The molecule has 7 heteroatoms. The predicted octanol–water partition coefficient (Wildman–Crippen LogP) is 2.41.